The lowest BCUT2D eigenvalue weighted by Gasteiger charge is -2.24. The van der Waals surface area contributed by atoms with Crippen molar-refractivity contribution < 1.29 is 27.9 Å². The number of carboxylic acid groups (broad SMARTS) is 1. The monoisotopic (exact) mass is 256 g/mol. The Morgan fingerprint density at radius 3 is 2.29 bits per heavy atom. The Morgan fingerprint density at radius 2 is 1.94 bits per heavy atom. The maximum Gasteiger partial charge on any atom is 0.406 e. The first-order valence-corrected chi connectivity index (χ1v) is 5.02. The topological polar surface area (TPSA) is 69.6 Å². The van der Waals surface area contributed by atoms with Gasteiger partial charge in [0.05, 0.1) is 0 Å². The van der Waals surface area contributed by atoms with E-state index in [2.05, 4.69) is 0 Å². The van der Waals surface area contributed by atoms with Crippen LogP contribution in [-0.4, -0.2) is 47.3 Å². The fourth-order valence-corrected chi connectivity index (χ4v) is 1.08. The van der Waals surface area contributed by atoms with E-state index >= 15 is 0 Å². The third-order valence-electron chi connectivity index (χ3n) is 1.86. The molecule has 100 valence electrons. The summed E-state index contributed by atoms with van der Waals surface area (Å²) in [6.45, 7) is 1.33. The molecule has 2 amide bonds. The molecule has 0 bridgehead atoms. The molecule has 0 aliphatic rings. The summed E-state index contributed by atoms with van der Waals surface area (Å²) < 4.78 is 36.4. The van der Waals surface area contributed by atoms with Crippen LogP contribution in [0.3, 0.4) is 0 Å². The number of hydrogen-bond donors (Lipinski definition) is 2. The number of amides is 2. The minimum Gasteiger partial charge on any atom is -0.480 e. The highest BCUT2D eigenvalue weighted by Gasteiger charge is 2.33. The predicted octanol–water partition coefficient (Wildman–Crippen LogP) is 1.44. The zero-order valence-electron chi connectivity index (χ0n) is 9.54. The fraction of sp³-hybridized carbons (Fsp3) is 0.778. The van der Waals surface area contributed by atoms with E-state index < -0.39 is 30.8 Å². The number of aliphatic carboxylic acids is 1. The first kappa shape index (κ1) is 15.5. The van der Waals surface area contributed by atoms with E-state index in [0.29, 0.717) is 11.3 Å². The van der Waals surface area contributed by atoms with Crippen LogP contribution in [0, 0.1) is 0 Å². The van der Waals surface area contributed by atoms with Crippen LogP contribution < -0.4 is 5.32 Å². The third kappa shape index (κ3) is 6.64. The molecule has 0 aromatic rings. The van der Waals surface area contributed by atoms with Gasteiger partial charge in [-0.1, -0.05) is 6.92 Å². The minimum absolute atomic E-state index is 0.0856. The molecule has 1 atom stereocenters. The van der Waals surface area contributed by atoms with Crippen molar-refractivity contribution in [2.24, 2.45) is 0 Å². The van der Waals surface area contributed by atoms with Crippen molar-refractivity contribution >= 4 is 12.0 Å². The molecule has 2 N–H and O–H groups in total. The van der Waals surface area contributed by atoms with Crippen molar-refractivity contribution in [3.8, 4) is 0 Å². The maximum absolute atomic E-state index is 12.1. The van der Waals surface area contributed by atoms with Gasteiger partial charge in [0.15, 0.2) is 0 Å². The summed E-state index contributed by atoms with van der Waals surface area (Å²) in [5.41, 5.74) is 0. The van der Waals surface area contributed by atoms with Gasteiger partial charge in [0.1, 0.15) is 12.6 Å². The smallest absolute Gasteiger partial charge is 0.406 e. The fourth-order valence-electron chi connectivity index (χ4n) is 1.08. The Hall–Kier alpha value is -1.47. The van der Waals surface area contributed by atoms with E-state index in [1.54, 1.807) is 6.92 Å². The van der Waals surface area contributed by atoms with E-state index in [1.807, 2.05) is 5.32 Å². The summed E-state index contributed by atoms with van der Waals surface area (Å²) in [4.78, 5) is 22.4. The summed E-state index contributed by atoms with van der Waals surface area (Å²) in [5, 5.41) is 10.5. The molecule has 8 heteroatoms. The quantitative estimate of drug-likeness (QED) is 0.782. The number of alkyl halides is 3. The summed E-state index contributed by atoms with van der Waals surface area (Å²) >= 11 is 0. The van der Waals surface area contributed by atoms with Gasteiger partial charge >= 0.3 is 18.2 Å². The molecule has 0 aromatic heterocycles. The van der Waals surface area contributed by atoms with Crippen LogP contribution in [0.4, 0.5) is 18.0 Å². The van der Waals surface area contributed by atoms with Crippen LogP contribution in [0.2, 0.25) is 0 Å². The van der Waals surface area contributed by atoms with Crippen LogP contribution >= 0.6 is 0 Å². The van der Waals surface area contributed by atoms with E-state index in [9.17, 15) is 22.8 Å². The molecule has 0 aliphatic heterocycles. The summed E-state index contributed by atoms with van der Waals surface area (Å²) in [7, 11) is 0. The van der Waals surface area contributed by atoms with Gasteiger partial charge in [-0.15, -0.1) is 0 Å². The van der Waals surface area contributed by atoms with Crippen molar-refractivity contribution in [3.05, 3.63) is 0 Å². The van der Waals surface area contributed by atoms with E-state index in [-0.39, 0.29) is 6.54 Å². The van der Waals surface area contributed by atoms with Gasteiger partial charge in [-0.2, -0.15) is 13.2 Å². The lowest BCUT2D eigenvalue weighted by Crippen LogP contribution is -2.49. The molecule has 0 heterocycles. The molecular weight excluding hydrogens is 241 g/mol. The zero-order chi connectivity index (χ0) is 13.6. The third-order valence-corrected chi connectivity index (χ3v) is 1.86. The first-order valence-electron chi connectivity index (χ1n) is 5.02. The van der Waals surface area contributed by atoms with Gasteiger partial charge in [0.2, 0.25) is 0 Å². The van der Waals surface area contributed by atoms with Crippen molar-refractivity contribution in [3.63, 3.8) is 0 Å². The van der Waals surface area contributed by atoms with Crippen molar-refractivity contribution in [1.29, 1.82) is 0 Å². The van der Waals surface area contributed by atoms with Gasteiger partial charge in [-0.25, -0.2) is 4.79 Å². The molecule has 0 rings (SSSR count). The number of urea groups is 1. The van der Waals surface area contributed by atoms with E-state index in [1.165, 1.54) is 6.92 Å². The number of rotatable bonds is 5. The molecular formula is C9H15F3N2O3. The Bertz CT molecular complexity index is 281. The Labute approximate surface area is 96.6 Å². The van der Waals surface area contributed by atoms with Crippen molar-refractivity contribution in [2.45, 2.75) is 32.5 Å². The molecule has 1 unspecified atom stereocenters. The molecule has 0 radical (unpaired) electrons. The number of nitrogens with one attached hydrogen (secondary N) is 1. The SMILES string of the molecule is CCCN(CC(F)(F)F)C(=O)NC(C)C(=O)O. The number of carbonyl (C=O) groups is 2. The maximum atomic E-state index is 12.1. The van der Waals surface area contributed by atoms with Crippen LogP contribution in [0.1, 0.15) is 20.3 Å². The number of halogens is 3. The first-order chi connectivity index (χ1) is 7.67. The summed E-state index contributed by atoms with van der Waals surface area (Å²) in [5.74, 6) is -1.30. The van der Waals surface area contributed by atoms with Gasteiger partial charge in [0.25, 0.3) is 0 Å². The van der Waals surface area contributed by atoms with Gasteiger partial charge in [-0.3, -0.25) is 4.79 Å². The number of hydrogen-bond acceptors (Lipinski definition) is 2. The second-order valence-electron chi connectivity index (χ2n) is 3.55. The van der Waals surface area contributed by atoms with Gasteiger partial charge < -0.3 is 15.3 Å². The molecule has 0 aromatic carbocycles. The normalized spacial score (nSPS) is 13.0. The molecule has 17 heavy (non-hydrogen) atoms. The Kier molecular flexibility index (Phi) is 5.77. The molecule has 0 spiro atoms. The highest BCUT2D eigenvalue weighted by Crippen LogP contribution is 2.16. The second kappa shape index (κ2) is 6.31. The van der Waals surface area contributed by atoms with Crippen LogP contribution in [0.25, 0.3) is 0 Å². The van der Waals surface area contributed by atoms with Crippen molar-refractivity contribution in [2.75, 3.05) is 13.1 Å². The Morgan fingerprint density at radius 1 is 1.41 bits per heavy atom. The van der Waals surface area contributed by atoms with Gasteiger partial charge in [-0.05, 0) is 13.3 Å². The minimum atomic E-state index is -4.50. The lowest BCUT2D eigenvalue weighted by molar-refractivity contribution is -0.140. The van der Waals surface area contributed by atoms with Gasteiger partial charge in [0, 0.05) is 6.54 Å². The van der Waals surface area contributed by atoms with Crippen LogP contribution in [0.15, 0.2) is 0 Å². The lowest BCUT2D eigenvalue weighted by atomic mass is 10.3. The highest BCUT2D eigenvalue weighted by molar-refractivity contribution is 5.82. The number of nitrogens with zero attached hydrogens (tertiary/aromatic N) is 1. The van der Waals surface area contributed by atoms with Crippen LogP contribution in [-0.2, 0) is 4.79 Å². The largest absolute Gasteiger partial charge is 0.480 e. The van der Waals surface area contributed by atoms with Crippen LogP contribution in [0.5, 0.6) is 0 Å². The highest BCUT2D eigenvalue weighted by atomic mass is 19.4. The molecule has 5 nitrogen and oxygen atoms in total. The average Bonchev–Trinajstić information content (AvgIpc) is 2.14. The predicted molar refractivity (Wildman–Crippen MR) is 53.5 cm³/mol. The molecule has 0 aliphatic carbocycles. The molecule has 0 saturated heterocycles. The summed E-state index contributed by atoms with van der Waals surface area (Å²) in [6, 6.07) is -2.26. The van der Waals surface area contributed by atoms with E-state index in [0.717, 1.165) is 0 Å². The summed E-state index contributed by atoms with van der Waals surface area (Å²) in [6.07, 6.45) is -4.15. The average molecular weight is 256 g/mol. The van der Waals surface area contributed by atoms with Crippen molar-refractivity contribution in [1.82, 2.24) is 10.2 Å². The molecule has 0 saturated carbocycles. The van der Waals surface area contributed by atoms with E-state index in [4.69, 9.17) is 5.11 Å². The standard InChI is InChI=1S/C9H15F3N2O3/c1-3-4-14(5-9(10,11)12)8(17)13-6(2)7(15)16/h6H,3-5H2,1-2H3,(H,13,17)(H,15,16). The second-order valence-corrected chi connectivity index (χ2v) is 3.55. The Balaban J connectivity index is 4.49. The zero-order valence-corrected chi connectivity index (χ0v) is 9.54. The molecule has 0 fully saturated rings. The number of carboxylic acids is 1. The number of carbonyl (C=O) groups excluding carboxylic acids is 1.